The lowest BCUT2D eigenvalue weighted by Crippen LogP contribution is -2.05. The Bertz CT molecular complexity index is 592. The highest BCUT2D eigenvalue weighted by atomic mass is 32.2. The monoisotopic (exact) mass is 248 g/mol. The molecule has 88 valence electrons. The second-order valence-corrected chi connectivity index (χ2v) is 5.81. The van der Waals surface area contributed by atoms with Crippen molar-refractivity contribution in [3.05, 3.63) is 53.9 Å². The van der Waals surface area contributed by atoms with Crippen LogP contribution in [0.15, 0.2) is 47.6 Å². The number of aromatic nitrogens is 2. The van der Waals surface area contributed by atoms with Crippen molar-refractivity contribution in [2.45, 2.75) is 17.6 Å². The van der Waals surface area contributed by atoms with Crippen LogP contribution in [0.2, 0.25) is 0 Å². The predicted octanol–water partition coefficient (Wildman–Crippen LogP) is 1.76. The summed E-state index contributed by atoms with van der Waals surface area (Å²) >= 11 is 0. The quantitative estimate of drug-likeness (QED) is 0.830. The number of nitrogens with zero attached hydrogens (tertiary/aromatic N) is 2. The van der Waals surface area contributed by atoms with Crippen molar-refractivity contribution in [3.8, 4) is 0 Å². The molecule has 0 amide bonds. The van der Waals surface area contributed by atoms with Crippen LogP contribution in [0.3, 0.4) is 0 Å². The third-order valence-electron chi connectivity index (χ3n) is 2.38. The standard InChI is InChI=1S/C12H12N2O2S/c1-10-2-4-12(5-3-10)17(15,16)9-11-6-7-13-14-8-11/h2-8H,9H2,1H3. The normalized spacial score (nSPS) is 11.4. The van der Waals surface area contributed by atoms with Crippen LogP contribution in [0.4, 0.5) is 0 Å². The van der Waals surface area contributed by atoms with Gasteiger partial charge in [-0.1, -0.05) is 17.7 Å². The van der Waals surface area contributed by atoms with Crippen molar-refractivity contribution in [1.29, 1.82) is 0 Å². The molecule has 0 bridgehead atoms. The minimum absolute atomic E-state index is 0.0500. The van der Waals surface area contributed by atoms with Crippen LogP contribution in [-0.4, -0.2) is 18.6 Å². The molecule has 0 saturated carbocycles. The Labute approximate surface area is 100 Å². The minimum Gasteiger partial charge on any atom is -0.223 e. The first-order valence-corrected chi connectivity index (χ1v) is 6.78. The van der Waals surface area contributed by atoms with Crippen molar-refractivity contribution in [1.82, 2.24) is 10.2 Å². The molecule has 0 aliphatic carbocycles. The molecule has 0 saturated heterocycles. The van der Waals surface area contributed by atoms with E-state index in [-0.39, 0.29) is 5.75 Å². The fraction of sp³-hybridized carbons (Fsp3) is 0.167. The van der Waals surface area contributed by atoms with Gasteiger partial charge >= 0.3 is 0 Å². The smallest absolute Gasteiger partial charge is 0.182 e. The molecule has 0 aliphatic heterocycles. The molecule has 1 aromatic heterocycles. The Morgan fingerprint density at radius 1 is 1.06 bits per heavy atom. The lowest BCUT2D eigenvalue weighted by Gasteiger charge is -2.04. The third-order valence-corrected chi connectivity index (χ3v) is 4.09. The van der Waals surface area contributed by atoms with Gasteiger partial charge in [-0.3, -0.25) is 0 Å². The summed E-state index contributed by atoms with van der Waals surface area (Å²) < 4.78 is 24.1. The van der Waals surface area contributed by atoms with E-state index in [2.05, 4.69) is 10.2 Å². The van der Waals surface area contributed by atoms with E-state index in [0.29, 0.717) is 10.5 Å². The summed E-state index contributed by atoms with van der Waals surface area (Å²) in [6, 6.07) is 8.48. The summed E-state index contributed by atoms with van der Waals surface area (Å²) in [4.78, 5) is 0.333. The lowest BCUT2D eigenvalue weighted by atomic mass is 10.2. The molecule has 4 nitrogen and oxygen atoms in total. The Balaban J connectivity index is 2.29. The number of aryl methyl sites for hydroxylation is 1. The van der Waals surface area contributed by atoms with Gasteiger partial charge in [-0.25, -0.2) is 8.42 Å². The van der Waals surface area contributed by atoms with E-state index >= 15 is 0 Å². The first-order chi connectivity index (χ1) is 8.08. The Morgan fingerprint density at radius 3 is 2.35 bits per heavy atom. The van der Waals surface area contributed by atoms with Gasteiger partial charge in [-0.05, 0) is 30.7 Å². The average molecular weight is 248 g/mol. The molecular weight excluding hydrogens is 236 g/mol. The summed E-state index contributed by atoms with van der Waals surface area (Å²) in [6.45, 7) is 1.92. The molecule has 2 rings (SSSR count). The summed E-state index contributed by atoms with van der Waals surface area (Å²) in [5.74, 6) is -0.0500. The van der Waals surface area contributed by atoms with Crippen LogP contribution in [0.1, 0.15) is 11.1 Å². The number of hydrogen-bond acceptors (Lipinski definition) is 4. The van der Waals surface area contributed by atoms with E-state index in [1.165, 1.54) is 12.4 Å². The Kier molecular flexibility index (Phi) is 3.19. The Morgan fingerprint density at radius 2 is 1.76 bits per heavy atom. The number of rotatable bonds is 3. The zero-order chi connectivity index (χ0) is 12.3. The van der Waals surface area contributed by atoms with Gasteiger partial charge in [0.05, 0.1) is 16.8 Å². The number of hydrogen-bond donors (Lipinski definition) is 0. The van der Waals surface area contributed by atoms with Crippen LogP contribution < -0.4 is 0 Å². The fourth-order valence-corrected chi connectivity index (χ4v) is 2.78. The fourth-order valence-electron chi connectivity index (χ4n) is 1.45. The first-order valence-electron chi connectivity index (χ1n) is 5.13. The molecular formula is C12H12N2O2S. The number of sulfone groups is 1. The Hall–Kier alpha value is -1.75. The summed E-state index contributed by atoms with van der Waals surface area (Å²) in [7, 11) is -3.30. The highest BCUT2D eigenvalue weighted by Crippen LogP contribution is 2.16. The maximum absolute atomic E-state index is 12.1. The average Bonchev–Trinajstić information content (AvgIpc) is 2.30. The predicted molar refractivity (Wildman–Crippen MR) is 64.1 cm³/mol. The molecule has 0 radical (unpaired) electrons. The van der Waals surface area contributed by atoms with Gasteiger partial charge in [0.15, 0.2) is 9.84 Å². The second-order valence-electron chi connectivity index (χ2n) is 3.82. The van der Waals surface area contributed by atoms with Crippen LogP contribution in [-0.2, 0) is 15.6 Å². The van der Waals surface area contributed by atoms with Crippen LogP contribution in [0.5, 0.6) is 0 Å². The van der Waals surface area contributed by atoms with E-state index in [0.717, 1.165) is 5.56 Å². The summed E-state index contributed by atoms with van der Waals surface area (Å²) in [5.41, 5.74) is 1.68. The maximum atomic E-state index is 12.1. The van der Waals surface area contributed by atoms with E-state index in [1.54, 1.807) is 30.3 Å². The molecule has 5 heteroatoms. The second kappa shape index (κ2) is 4.63. The summed E-state index contributed by atoms with van der Waals surface area (Å²) in [5, 5.41) is 7.28. The summed E-state index contributed by atoms with van der Waals surface area (Å²) in [6.07, 6.45) is 2.95. The molecule has 0 spiro atoms. The molecule has 1 heterocycles. The minimum atomic E-state index is -3.30. The molecule has 17 heavy (non-hydrogen) atoms. The molecule has 2 aromatic rings. The van der Waals surface area contributed by atoms with Crippen molar-refractivity contribution < 1.29 is 8.42 Å². The van der Waals surface area contributed by atoms with E-state index in [1.807, 2.05) is 6.92 Å². The van der Waals surface area contributed by atoms with Gasteiger partial charge in [0.2, 0.25) is 0 Å². The van der Waals surface area contributed by atoms with E-state index < -0.39 is 9.84 Å². The van der Waals surface area contributed by atoms with Crippen LogP contribution >= 0.6 is 0 Å². The maximum Gasteiger partial charge on any atom is 0.182 e. The van der Waals surface area contributed by atoms with Gasteiger partial charge < -0.3 is 0 Å². The lowest BCUT2D eigenvalue weighted by molar-refractivity contribution is 0.595. The van der Waals surface area contributed by atoms with Gasteiger partial charge in [0.25, 0.3) is 0 Å². The first kappa shape index (κ1) is 11.7. The molecule has 0 aliphatic rings. The van der Waals surface area contributed by atoms with Crippen LogP contribution in [0.25, 0.3) is 0 Å². The van der Waals surface area contributed by atoms with Crippen molar-refractivity contribution in [2.75, 3.05) is 0 Å². The highest BCUT2D eigenvalue weighted by Gasteiger charge is 2.14. The van der Waals surface area contributed by atoms with Gasteiger partial charge in [0.1, 0.15) is 0 Å². The third kappa shape index (κ3) is 2.88. The molecule has 1 aromatic carbocycles. The largest absolute Gasteiger partial charge is 0.223 e. The zero-order valence-corrected chi connectivity index (χ0v) is 10.2. The topological polar surface area (TPSA) is 59.9 Å². The molecule has 0 atom stereocenters. The molecule has 0 N–H and O–H groups in total. The van der Waals surface area contributed by atoms with Crippen LogP contribution in [0, 0.1) is 6.92 Å². The molecule has 0 unspecified atom stereocenters. The highest BCUT2D eigenvalue weighted by molar-refractivity contribution is 7.90. The molecule has 0 fully saturated rings. The van der Waals surface area contributed by atoms with Crippen molar-refractivity contribution in [3.63, 3.8) is 0 Å². The van der Waals surface area contributed by atoms with Gasteiger partial charge in [-0.2, -0.15) is 10.2 Å². The van der Waals surface area contributed by atoms with Gasteiger partial charge in [0, 0.05) is 6.20 Å². The SMILES string of the molecule is Cc1ccc(S(=O)(=O)Cc2ccnnc2)cc1. The van der Waals surface area contributed by atoms with E-state index in [4.69, 9.17) is 0 Å². The van der Waals surface area contributed by atoms with E-state index in [9.17, 15) is 8.42 Å². The van der Waals surface area contributed by atoms with Crippen molar-refractivity contribution in [2.24, 2.45) is 0 Å². The zero-order valence-electron chi connectivity index (χ0n) is 9.37. The number of benzene rings is 1. The van der Waals surface area contributed by atoms with Crippen molar-refractivity contribution >= 4 is 9.84 Å². The van der Waals surface area contributed by atoms with Gasteiger partial charge in [-0.15, -0.1) is 0 Å².